The largest absolute Gasteiger partial charge is 0.353 e. The first kappa shape index (κ1) is 17.4. The Morgan fingerprint density at radius 3 is 2.67 bits per heavy atom. The van der Waals surface area contributed by atoms with Crippen LogP contribution in [0.15, 0.2) is 30.6 Å². The van der Waals surface area contributed by atoms with Gasteiger partial charge in [0.1, 0.15) is 17.0 Å². The second kappa shape index (κ2) is 7.38. The van der Waals surface area contributed by atoms with Gasteiger partial charge in [-0.2, -0.15) is 0 Å². The van der Waals surface area contributed by atoms with Crippen LogP contribution in [0.4, 0.5) is 5.82 Å². The smallest absolute Gasteiger partial charge is 0.141 e. The fraction of sp³-hybridized carbons (Fsp3) is 0.429. The van der Waals surface area contributed by atoms with Crippen molar-refractivity contribution in [2.45, 2.75) is 32.2 Å². The zero-order valence-electron chi connectivity index (χ0n) is 15.3. The van der Waals surface area contributed by atoms with Gasteiger partial charge in [0.05, 0.1) is 5.39 Å². The lowest BCUT2D eigenvalue weighted by Crippen LogP contribution is -2.46. The first-order valence-corrected chi connectivity index (χ1v) is 10.9. The number of anilines is 1. The van der Waals surface area contributed by atoms with Gasteiger partial charge in [-0.3, -0.25) is 4.90 Å². The van der Waals surface area contributed by atoms with Gasteiger partial charge in [-0.1, -0.05) is 29.8 Å². The Bertz CT molecular complexity index is 962. The van der Waals surface area contributed by atoms with E-state index in [0.717, 1.165) is 43.6 Å². The number of fused-ring (bicyclic) bond motifs is 3. The zero-order chi connectivity index (χ0) is 18.2. The molecule has 0 bridgehead atoms. The molecule has 0 radical (unpaired) electrons. The lowest BCUT2D eigenvalue weighted by molar-refractivity contribution is 0.249. The number of halogens is 1. The Morgan fingerprint density at radius 2 is 1.81 bits per heavy atom. The van der Waals surface area contributed by atoms with Crippen LogP contribution in [-0.4, -0.2) is 41.0 Å². The number of rotatable bonds is 3. The molecule has 1 aliphatic carbocycles. The van der Waals surface area contributed by atoms with Crippen molar-refractivity contribution in [2.75, 3.05) is 31.1 Å². The molecule has 5 rings (SSSR count). The molecule has 0 amide bonds. The van der Waals surface area contributed by atoms with E-state index >= 15 is 0 Å². The first-order chi connectivity index (χ1) is 13.3. The quantitative estimate of drug-likeness (QED) is 0.648. The topological polar surface area (TPSA) is 32.3 Å². The summed E-state index contributed by atoms with van der Waals surface area (Å²) in [7, 11) is 0. The van der Waals surface area contributed by atoms with Crippen LogP contribution in [0, 0.1) is 0 Å². The molecule has 1 aliphatic heterocycles. The van der Waals surface area contributed by atoms with Crippen molar-refractivity contribution < 1.29 is 0 Å². The van der Waals surface area contributed by atoms with Gasteiger partial charge in [0, 0.05) is 42.6 Å². The van der Waals surface area contributed by atoms with Crippen molar-refractivity contribution in [3.8, 4) is 0 Å². The van der Waals surface area contributed by atoms with Crippen molar-refractivity contribution in [1.29, 1.82) is 0 Å². The molecule has 1 aromatic carbocycles. The van der Waals surface area contributed by atoms with Gasteiger partial charge >= 0.3 is 0 Å². The van der Waals surface area contributed by atoms with Crippen molar-refractivity contribution >= 4 is 39.0 Å². The predicted octanol–water partition coefficient (Wildman–Crippen LogP) is 4.55. The molecule has 2 aliphatic rings. The molecular formula is C21H23ClN4S. The average molecular weight is 399 g/mol. The SMILES string of the molecule is Clc1ccccc1CN1CCN(c2ncnc3sc4c(c23)CCCC4)CC1. The highest BCUT2D eigenvalue weighted by atomic mass is 35.5. The van der Waals surface area contributed by atoms with E-state index in [1.807, 2.05) is 23.5 Å². The Kier molecular flexibility index (Phi) is 4.76. The lowest BCUT2D eigenvalue weighted by Gasteiger charge is -2.36. The summed E-state index contributed by atoms with van der Waals surface area (Å²) >= 11 is 8.21. The highest BCUT2D eigenvalue weighted by molar-refractivity contribution is 7.19. The number of aryl methyl sites for hydroxylation is 2. The molecule has 0 spiro atoms. The van der Waals surface area contributed by atoms with Gasteiger partial charge in [0.15, 0.2) is 0 Å². The summed E-state index contributed by atoms with van der Waals surface area (Å²) < 4.78 is 0. The van der Waals surface area contributed by atoms with E-state index in [4.69, 9.17) is 16.6 Å². The molecule has 1 saturated heterocycles. The molecule has 0 N–H and O–H groups in total. The molecule has 4 nitrogen and oxygen atoms in total. The molecule has 3 aromatic rings. The van der Waals surface area contributed by atoms with Crippen LogP contribution >= 0.6 is 22.9 Å². The zero-order valence-corrected chi connectivity index (χ0v) is 16.9. The Hall–Kier alpha value is -1.69. The van der Waals surface area contributed by atoms with Crippen LogP contribution < -0.4 is 4.90 Å². The molecular weight excluding hydrogens is 376 g/mol. The number of aromatic nitrogens is 2. The van der Waals surface area contributed by atoms with Crippen molar-refractivity contribution in [3.63, 3.8) is 0 Å². The predicted molar refractivity (Wildman–Crippen MR) is 113 cm³/mol. The normalized spacial score (nSPS) is 18.0. The summed E-state index contributed by atoms with van der Waals surface area (Å²) in [5.74, 6) is 1.15. The number of benzene rings is 1. The van der Waals surface area contributed by atoms with Crippen molar-refractivity contribution in [2.24, 2.45) is 0 Å². The number of thiophene rings is 1. The standard InChI is InChI=1S/C21H23ClN4S/c22-17-7-3-1-5-15(17)13-25-9-11-26(12-10-25)20-19-16-6-2-4-8-18(16)27-21(19)24-14-23-20/h1,3,5,7,14H,2,4,6,8-13H2. The molecule has 2 aromatic heterocycles. The summed E-state index contributed by atoms with van der Waals surface area (Å²) in [6, 6.07) is 8.16. The molecule has 3 heterocycles. The van der Waals surface area contributed by atoms with Crippen LogP contribution in [0.25, 0.3) is 10.2 Å². The van der Waals surface area contributed by atoms with Crippen molar-refractivity contribution in [1.82, 2.24) is 14.9 Å². The molecule has 140 valence electrons. The summed E-state index contributed by atoms with van der Waals surface area (Å²) in [6.45, 7) is 4.98. The van der Waals surface area contributed by atoms with E-state index < -0.39 is 0 Å². The highest BCUT2D eigenvalue weighted by Gasteiger charge is 2.25. The maximum Gasteiger partial charge on any atom is 0.141 e. The van der Waals surface area contributed by atoms with Gasteiger partial charge in [-0.15, -0.1) is 11.3 Å². The first-order valence-electron chi connectivity index (χ1n) is 9.75. The van der Waals surface area contributed by atoms with Crippen LogP contribution in [0.1, 0.15) is 28.8 Å². The van der Waals surface area contributed by atoms with Crippen LogP contribution in [0.3, 0.4) is 0 Å². The molecule has 0 unspecified atom stereocenters. The third-order valence-electron chi connectivity index (χ3n) is 5.75. The van der Waals surface area contributed by atoms with Gasteiger partial charge < -0.3 is 4.90 Å². The van der Waals surface area contributed by atoms with Gasteiger partial charge in [-0.05, 0) is 42.9 Å². The molecule has 6 heteroatoms. The Morgan fingerprint density at radius 1 is 1.00 bits per heavy atom. The second-order valence-electron chi connectivity index (χ2n) is 7.44. The monoisotopic (exact) mass is 398 g/mol. The van der Waals surface area contributed by atoms with E-state index in [9.17, 15) is 0 Å². The molecule has 0 atom stereocenters. The number of nitrogens with zero attached hydrogens (tertiary/aromatic N) is 4. The van der Waals surface area contributed by atoms with Gasteiger partial charge in [0.2, 0.25) is 0 Å². The van der Waals surface area contributed by atoms with Crippen LogP contribution in [0.2, 0.25) is 5.02 Å². The highest BCUT2D eigenvalue weighted by Crippen LogP contribution is 2.39. The molecule has 27 heavy (non-hydrogen) atoms. The number of hydrogen-bond donors (Lipinski definition) is 0. The number of piperazine rings is 1. The Labute approximate surface area is 168 Å². The van der Waals surface area contributed by atoms with E-state index in [1.165, 1.54) is 51.9 Å². The lowest BCUT2D eigenvalue weighted by atomic mass is 9.97. The molecule has 0 saturated carbocycles. The minimum absolute atomic E-state index is 0.863. The van der Waals surface area contributed by atoms with E-state index in [-0.39, 0.29) is 0 Å². The fourth-order valence-corrected chi connectivity index (χ4v) is 5.72. The van der Waals surface area contributed by atoms with E-state index in [0.29, 0.717) is 0 Å². The minimum Gasteiger partial charge on any atom is -0.353 e. The summed E-state index contributed by atoms with van der Waals surface area (Å²) in [5, 5.41) is 2.19. The summed E-state index contributed by atoms with van der Waals surface area (Å²) in [6.07, 6.45) is 6.74. The van der Waals surface area contributed by atoms with E-state index in [2.05, 4.69) is 26.9 Å². The van der Waals surface area contributed by atoms with Crippen LogP contribution in [-0.2, 0) is 19.4 Å². The average Bonchev–Trinajstić information content (AvgIpc) is 3.09. The molecule has 1 fully saturated rings. The van der Waals surface area contributed by atoms with E-state index in [1.54, 1.807) is 6.33 Å². The minimum atomic E-state index is 0.863. The maximum absolute atomic E-state index is 6.34. The maximum atomic E-state index is 6.34. The second-order valence-corrected chi connectivity index (χ2v) is 8.93. The van der Waals surface area contributed by atoms with Crippen LogP contribution in [0.5, 0.6) is 0 Å². The number of hydrogen-bond acceptors (Lipinski definition) is 5. The Balaban J connectivity index is 1.35. The summed E-state index contributed by atoms with van der Waals surface area (Å²) in [5.41, 5.74) is 2.74. The van der Waals surface area contributed by atoms with Gasteiger partial charge in [0.25, 0.3) is 0 Å². The van der Waals surface area contributed by atoms with Gasteiger partial charge in [-0.25, -0.2) is 9.97 Å². The summed E-state index contributed by atoms with van der Waals surface area (Å²) in [4.78, 5) is 16.9. The van der Waals surface area contributed by atoms with Crippen molar-refractivity contribution in [3.05, 3.63) is 51.6 Å². The fourth-order valence-electron chi connectivity index (χ4n) is 4.30. The third-order valence-corrected chi connectivity index (χ3v) is 7.32. The third kappa shape index (κ3) is 3.33.